The van der Waals surface area contributed by atoms with Crippen molar-refractivity contribution in [3.63, 3.8) is 0 Å². The highest BCUT2D eigenvalue weighted by Gasteiger charge is 2.20. The fourth-order valence-electron chi connectivity index (χ4n) is 3.95. The molecule has 4 aromatic rings. The second kappa shape index (κ2) is 10.7. The molecule has 0 spiro atoms. The largest absolute Gasteiger partial charge is 0.320 e. The molecule has 8 nitrogen and oxygen atoms in total. The van der Waals surface area contributed by atoms with Crippen LogP contribution in [0.2, 0.25) is 0 Å². The smallest absolute Gasteiger partial charge is 0.293 e. The number of aromatic nitrogens is 3. The number of nitro benzene ring substituents is 1. The van der Waals surface area contributed by atoms with Crippen molar-refractivity contribution >= 4 is 29.0 Å². The second-order valence-electron chi connectivity index (χ2n) is 8.73. The van der Waals surface area contributed by atoms with Crippen molar-refractivity contribution in [3.8, 4) is 5.69 Å². The molecule has 1 N–H and O–H groups in total. The van der Waals surface area contributed by atoms with E-state index in [4.69, 9.17) is 0 Å². The van der Waals surface area contributed by atoms with Gasteiger partial charge in [-0.1, -0.05) is 59.8 Å². The molecule has 0 saturated carbocycles. The van der Waals surface area contributed by atoms with E-state index in [9.17, 15) is 14.9 Å². The first-order valence-electron chi connectivity index (χ1n) is 11.5. The van der Waals surface area contributed by atoms with Crippen LogP contribution in [0.1, 0.15) is 33.6 Å². The third-order valence-electron chi connectivity index (χ3n) is 5.91. The van der Waals surface area contributed by atoms with Gasteiger partial charge in [-0.25, -0.2) is 0 Å². The zero-order chi connectivity index (χ0) is 25.8. The van der Waals surface area contributed by atoms with Gasteiger partial charge < -0.3 is 5.32 Å². The monoisotopic (exact) mass is 501 g/mol. The zero-order valence-corrected chi connectivity index (χ0v) is 21.4. The Morgan fingerprint density at radius 1 is 0.972 bits per heavy atom. The van der Waals surface area contributed by atoms with Gasteiger partial charge >= 0.3 is 0 Å². The minimum absolute atomic E-state index is 0.0262. The Kier molecular flexibility index (Phi) is 7.49. The Morgan fingerprint density at radius 3 is 2.39 bits per heavy atom. The average Bonchev–Trinajstić information content (AvgIpc) is 3.22. The van der Waals surface area contributed by atoms with Crippen molar-refractivity contribution in [3.05, 3.63) is 104 Å². The van der Waals surface area contributed by atoms with Crippen molar-refractivity contribution < 1.29 is 9.72 Å². The number of hydrogen-bond acceptors (Lipinski definition) is 6. The molecular formula is C27H27N5O3S. The molecule has 184 valence electrons. The Labute approximate surface area is 213 Å². The van der Waals surface area contributed by atoms with Crippen molar-refractivity contribution in [1.29, 1.82) is 0 Å². The first-order chi connectivity index (χ1) is 17.2. The van der Waals surface area contributed by atoms with Crippen LogP contribution in [0, 0.1) is 37.8 Å². The van der Waals surface area contributed by atoms with Crippen LogP contribution in [-0.2, 0) is 11.2 Å². The van der Waals surface area contributed by atoms with Gasteiger partial charge in [0.05, 0.1) is 16.4 Å². The van der Waals surface area contributed by atoms with Crippen molar-refractivity contribution in [2.45, 2.75) is 39.3 Å². The molecule has 9 heteroatoms. The Bertz CT molecular complexity index is 1430. The van der Waals surface area contributed by atoms with E-state index in [-0.39, 0.29) is 23.0 Å². The number of carbonyl (C=O) groups is 1. The topological polar surface area (TPSA) is 103 Å². The lowest BCUT2D eigenvalue weighted by Gasteiger charge is -2.14. The number of benzene rings is 3. The van der Waals surface area contributed by atoms with E-state index in [0.29, 0.717) is 11.6 Å². The maximum atomic E-state index is 12.8. The molecular weight excluding hydrogens is 474 g/mol. The lowest BCUT2D eigenvalue weighted by atomic mass is 10.1. The lowest BCUT2D eigenvalue weighted by molar-refractivity contribution is -0.384. The predicted octanol–water partition coefficient (Wildman–Crippen LogP) is 5.73. The zero-order valence-electron chi connectivity index (χ0n) is 20.6. The molecule has 36 heavy (non-hydrogen) atoms. The van der Waals surface area contributed by atoms with Crippen molar-refractivity contribution in [2.24, 2.45) is 0 Å². The Hall–Kier alpha value is -3.98. The highest BCUT2D eigenvalue weighted by molar-refractivity contribution is 7.99. The number of anilines is 1. The number of amides is 1. The van der Waals surface area contributed by atoms with Gasteiger partial charge in [0.25, 0.3) is 5.69 Å². The first-order valence-corrected chi connectivity index (χ1v) is 12.5. The predicted molar refractivity (Wildman–Crippen MR) is 142 cm³/mol. The summed E-state index contributed by atoms with van der Waals surface area (Å²) in [5, 5.41) is 23.6. The molecule has 0 bridgehead atoms. The maximum Gasteiger partial charge on any atom is 0.293 e. The van der Waals surface area contributed by atoms with Crippen LogP contribution in [0.5, 0.6) is 0 Å². The molecule has 0 saturated heterocycles. The summed E-state index contributed by atoms with van der Waals surface area (Å²) in [6, 6.07) is 19.3. The van der Waals surface area contributed by atoms with Gasteiger partial charge in [-0.15, -0.1) is 10.2 Å². The summed E-state index contributed by atoms with van der Waals surface area (Å²) >= 11 is 1.24. The standard InChI is InChI=1S/C27H27N5O3S/c1-17-10-11-23(20(4)12-17)31-25(15-21-8-6-5-7-9-21)29-30-27(31)36-16-26(33)28-22-13-18(2)19(3)14-24(22)32(34)35/h5-14H,15-16H2,1-4H3,(H,28,33). The molecule has 0 aliphatic rings. The molecule has 0 aliphatic heterocycles. The normalized spacial score (nSPS) is 10.9. The van der Waals surface area contributed by atoms with Crippen LogP contribution >= 0.6 is 11.8 Å². The summed E-state index contributed by atoms with van der Waals surface area (Å²) in [5.41, 5.74) is 6.00. The minimum atomic E-state index is -0.484. The summed E-state index contributed by atoms with van der Waals surface area (Å²) in [7, 11) is 0. The van der Waals surface area contributed by atoms with Crippen LogP contribution in [0.25, 0.3) is 5.69 Å². The fourth-order valence-corrected chi connectivity index (χ4v) is 4.72. The summed E-state index contributed by atoms with van der Waals surface area (Å²) in [6.45, 7) is 7.73. The summed E-state index contributed by atoms with van der Waals surface area (Å²) in [4.78, 5) is 23.8. The molecule has 0 fully saturated rings. The number of carbonyl (C=O) groups excluding carboxylic acids is 1. The molecule has 0 unspecified atom stereocenters. The SMILES string of the molecule is Cc1ccc(-n2c(Cc3ccccc3)nnc2SCC(=O)Nc2cc(C)c(C)cc2[N+](=O)[O-])c(C)c1. The average molecular weight is 502 g/mol. The van der Waals surface area contributed by atoms with Crippen molar-refractivity contribution in [2.75, 3.05) is 11.1 Å². The number of hydrogen-bond donors (Lipinski definition) is 1. The third kappa shape index (κ3) is 5.63. The van der Waals surface area contributed by atoms with E-state index < -0.39 is 4.92 Å². The van der Waals surface area contributed by atoms with Gasteiger partial charge in [-0.05, 0) is 62.1 Å². The molecule has 0 radical (unpaired) electrons. The van der Waals surface area contributed by atoms with E-state index in [0.717, 1.165) is 39.3 Å². The molecule has 0 atom stereocenters. The van der Waals surface area contributed by atoms with Crippen LogP contribution in [0.3, 0.4) is 0 Å². The Morgan fingerprint density at radius 2 is 1.69 bits per heavy atom. The Balaban J connectivity index is 1.60. The van der Waals surface area contributed by atoms with Gasteiger partial charge in [-0.3, -0.25) is 19.5 Å². The molecule has 0 aliphatic carbocycles. The highest BCUT2D eigenvalue weighted by Crippen LogP contribution is 2.29. The van der Waals surface area contributed by atoms with E-state index >= 15 is 0 Å². The first kappa shape index (κ1) is 25.1. The van der Waals surface area contributed by atoms with Crippen molar-refractivity contribution in [1.82, 2.24) is 14.8 Å². The number of rotatable bonds is 8. The number of aryl methyl sites for hydroxylation is 4. The second-order valence-corrected chi connectivity index (χ2v) is 9.68. The minimum Gasteiger partial charge on any atom is -0.320 e. The van der Waals surface area contributed by atoms with E-state index in [1.54, 1.807) is 13.0 Å². The van der Waals surface area contributed by atoms with E-state index in [1.165, 1.54) is 17.8 Å². The van der Waals surface area contributed by atoms with E-state index in [2.05, 4.69) is 21.6 Å². The molecule has 4 rings (SSSR count). The van der Waals surface area contributed by atoms with Crippen LogP contribution < -0.4 is 5.32 Å². The molecule has 1 amide bonds. The summed E-state index contributed by atoms with van der Waals surface area (Å²) in [5.74, 6) is 0.436. The summed E-state index contributed by atoms with van der Waals surface area (Å²) < 4.78 is 1.98. The van der Waals surface area contributed by atoms with Gasteiger partial charge in [-0.2, -0.15) is 0 Å². The van der Waals surface area contributed by atoms with Crippen LogP contribution in [-0.4, -0.2) is 31.3 Å². The number of thioether (sulfide) groups is 1. The summed E-state index contributed by atoms with van der Waals surface area (Å²) in [6.07, 6.45) is 0.586. The lowest BCUT2D eigenvalue weighted by Crippen LogP contribution is -2.16. The van der Waals surface area contributed by atoms with Gasteiger partial charge in [0.15, 0.2) is 5.16 Å². The molecule has 1 heterocycles. The van der Waals surface area contributed by atoms with Gasteiger partial charge in [0.1, 0.15) is 11.5 Å². The van der Waals surface area contributed by atoms with E-state index in [1.807, 2.05) is 67.8 Å². The van der Waals surface area contributed by atoms with Gasteiger partial charge in [0, 0.05) is 12.5 Å². The highest BCUT2D eigenvalue weighted by atomic mass is 32.2. The number of nitro groups is 1. The molecule has 3 aromatic carbocycles. The molecule has 1 aromatic heterocycles. The quantitative estimate of drug-likeness (QED) is 0.188. The van der Waals surface area contributed by atoms with Gasteiger partial charge in [0.2, 0.25) is 5.91 Å². The maximum absolute atomic E-state index is 12.8. The van der Waals surface area contributed by atoms with Crippen LogP contribution in [0.15, 0.2) is 65.8 Å². The number of nitrogens with one attached hydrogen (secondary N) is 1. The number of nitrogens with zero attached hydrogens (tertiary/aromatic N) is 4. The fraction of sp³-hybridized carbons (Fsp3) is 0.222. The third-order valence-corrected chi connectivity index (χ3v) is 6.84. The van der Waals surface area contributed by atoms with Crippen LogP contribution in [0.4, 0.5) is 11.4 Å².